The van der Waals surface area contributed by atoms with Gasteiger partial charge in [0.05, 0.1) is 0 Å². The number of anilines is 2. The third-order valence-corrected chi connectivity index (χ3v) is 3.79. The van der Waals surface area contributed by atoms with Gasteiger partial charge < -0.3 is 11.1 Å². The lowest BCUT2D eigenvalue weighted by Crippen LogP contribution is -2.41. The van der Waals surface area contributed by atoms with E-state index in [1.165, 1.54) is 12.0 Å². The van der Waals surface area contributed by atoms with Gasteiger partial charge in [0.2, 0.25) is 0 Å². The average Bonchev–Trinajstić information content (AvgIpc) is 2.51. The average molecular weight is 283 g/mol. The Labute approximate surface area is 125 Å². The highest BCUT2D eigenvalue weighted by atomic mass is 15.2. The lowest BCUT2D eigenvalue weighted by Gasteiger charge is -2.33. The van der Waals surface area contributed by atoms with E-state index in [-0.39, 0.29) is 0 Å². The van der Waals surface area contributed by atoms with Crippen LogP contribution in [0.15, 0.2) is 42.5 Å². The first-order chi connectivity index (χ1) is 10.3. The zero-order valence-corrected chi connectivity index (χ0v) is 12.1. The van der Waals surface area contributed by atoms with Crippen molar-refractivity contribution in [1.82, 2.24) is 15.1 Å². The van der Waals surface area contributed by atoms with Crippen LogP contribution >= 0.6 is 0 Å². The Morgan fingerprint density at radius 1 is 1.14 bits per heavy atom. The van der Waals surface area contributed by atoms with Crippen molar-refractivity contribution in [3.8, 4) is 0 Å². The Hall–Kier alpha value is -2.14. The standard InChI is InChI=1S/C16H21N5/c17-15-8-9-16(20-19-15)18-14-7-4-10-21(12-14)11-13-5-2-1-3-6-13/h1-3,5-6,8-9,14H,4,7,10-12H2,(H2,17,19)(H,18,20). The molecule has 0 bridgehead atoms. The van der Waals surface area contributed by atoms with Gasteiger partial charge in [-0.2, -0.15) is 0 Å². The van der Waals surface area contributed by atoms with Crippen LogP contribution in [0, 0.1) is 0 Å². The first-order valence-corrected chi connectivity index (χ1v) is 7.41. The summed E-state index contributed by atoms with van der Waals surface area (Å²) < 4.78 is 0. The lowest BCUT2D eigenvalue weighted by atomic mass is 10.0. The molecule has 1 unspecified atom stereocenters. The molecule has 5 heteroatoms. The first kappa shape index (κ1) is 13.8. The molecule has 1 atom stereocenters. The van der Waals surface area contributed by atoms with Crippen molar-refractivity contribution in [1.29, 1.82) is 0 Å². The second-order valence-corrected chi connectivity index (χ2v) is 5.55. The lowest BCUT2D eigenvalue weighted by molar-refractivity contribution is 0.208. The molecule has 1 aliphatic rings. The highest BCUT2D eigenvalue weighted by molar-refractivity contribution is 5.39. The van der Waals surface area contributed by atoms with Crippen LogP contribution < -0.4 is 11.1 Å². The van der Waals surface area contributed by atoms with Crippen molar-refractivity contribution < 1.29 is 0 Å². The molecule has 1 aliphatic heterocycles. The largest absolute Gasteiger partial charge is 0.382 e. The number of hydrogen-bond acceptors (Lipinski definition) is 5. The number of nitrogens with two attached hydrogens (primary N) is 1. The van der Waals surface area contributed by atoms with Crippen LogP contribution in [-0.4, -0.2) is 34.2 Å². The molecule has 0 spiro atoms. The van der Waals surface area contributed by atoms with Gasteiger partial charge in [-0.25, -0.2) is 0 Å². The van der Waals surface area contributed by atoms with Gasteiger partial charge >= 0.3 is 0 Å². The molecule has 3 N–H and O–H groups in total. The van der Waals surface area contributed by atoms with Crippen molar-refractivity contribution in [3.63, 3.8) is 0 Å². The van der Waals surface area contributed by atoms with Gasteiger partial charge in [0.1, 0.15) is 11.6 Å². The summed E-state index contributed by atoms with van der Waals surface area (Å²) in [6.45, 7) is 3.19. The Morgan fingerprint density at radius 3 is 2.76 bits per heavy atom. The number of aromatic nitrogens is 2. The van der Waals surface area contributed by atoms with Gasteiger partial charge in [0, 0.05) is 19.1 Å². The molecule has 3 rings (SSSR count). The first-order valence-electron chi connectivity index (χ1n) is 7.41. The normalized spacial score (nSPS) is 19.3. The summed E-state index contributed by atoms with van der Waals surface area (Å²) in [4.78, 5) is 2.49. The van der Waals surface area contributed by atoms with Gasteiger partial charge in [-0.15, -0.1) is 10.2 Å². The van der Waals surface area contributed by atoms with Crippen molar-refractivity contribution >= 4 is 11.6 Å². The molecule has 1 fully saturated rings. The fraction of sp³-hybridized carbons (Fsp3) is 0.375. The van der Waals surface area contributed by atoms with Gasteiger partial charge in [-0.3, -0.25) is 4.90 Å². The maximum Gasteiger partial charge on any atom is 0.149 e. The van der Waals surface area contributed by atoms with E-state index in [1.54, 1.807) is 6.07 Å². The molecule has 2 aromatic rings. The molecule has 0 aliphatic carbocycles. The number of nitrogens with zero attached hydrogens (tertiary/aromatic N) is 3. The minimum Gasteiger partial charge on any atom is -0.382 e. The summed E-state index contributed by atoms with van der Waals surface area (Å²) >= 11 is 0. The topological polar surface area (TPSA) is 67.1 Å². The minimum absolute atomic E-state index is 0.417. The van der Waals surface area contributed by atoms with Crippen molar-refractivity contribution in [3.05, 3.63) is 48.0 Å². The van der Waals surface area contributed by atoms with Crippen LogP contribution in [0.2, 0.25) is 0 Å². The van der Waals surface area contributed by atoms with Crippen LogP contribution in [0.5, 0.6) is 0 Å². The molecule has 5 nitrogen and oxygen atoms in total. The van der Waals surface area contributed by atoms with Crippen LogP contribution in [0.4, 0.5) is 11.6 Å². The van der Waals surface area contributed by atoms with Crippen molar-refractivity contribution in [2.75, 3.05) is 24.1 Å². The van der Waals surface area contributed by atoms with E-state index >= 15 is 0 Å². The summed E-state index contributed by atoms with van der Waals surface area (Å²) in [7, 11) is 0. The SMILES string of the molecule is Nc1ccc(NC2CCCN(Cc3ccccc3)C2)nn1. The van der Waals surface area contributed by atoms with E-state index in [2.05, 4.69) is 50.7 Å². The summed E-state index contributed by atoms with van der Waals surface area (Å²) in [6.07, 6.45) is 2.37. The molecule has 1 aromatic heterocycles. The molecule has 1 saturated heterocycles. The fourth-order valence-electron chi connectivity index (χ4n) is 2.79. The van der Waals surface area contributed by atoms with Crippen molar-refractivity contribution in [2.24, 2.45) is 0 Å². The Bertz CT molecular complexity index is 555. The second kappa shape index (κ2) is 6.54. The molecular formula is C16H21N5. The zero-order valence-electron chi connectivity index (χ0n) is 12.1. The highest BCUT2D eigenvalue weighted by Gasteiger charge is 2.20. The van der Waals surface area contributed by atoms with E-state index in [9.17, 15) is 0 Å². The molecule has 1 aromatic carbocycles. The Kier molecular flexibility index (Phi) is 4.31. The van der Waals surface area contributed by atoms with Crippen molar-refractivity contribution in [2.45, 2.75) is 25.4 Å². The van der Waals surface area contributed by atoms with Crippen LogP contribution in [0.25, 0.3) is 0 Å². The quantitative estimate of drug-likeness (QED) is 0.900. The molecule has 0 radical (unpaired) electrons. The number of likely N-dealkylation sites (tertiary alicyclic amines) is 1. The number of rotatable bonds is 4. The number of nitrogens with one attached hydrogen (secondary N) is 1. The van der Waals surface area contributed by atoms with Crippen LogP contribution in [-0.2, 0) is 6.54 Å². The third kappa shape index (κ3) is 3.92. The van der Waals surface area contributed by atoms with Gasteiger partial charge in [0.15, 0.2) is 0 Å². The molecule has 2 heterocycles. The van der Waals surface area contributed by atoms with Gasteiger partial charge in [-0.05, 0) is 37.1 Å². The number of nitrogen functional groups attached to an aromatic ring is 1. The second-order valence-electron chi connectivity index (χ2n) is 5.55. The molecule has 0 saturated carbocycles. The summed E-state index contributed by atoms with van der Waals surface area (Å²) in [5.41, 5.74) is 6.92. The van der Waals surface area contributed by atoms with E-state index in [0.717, 1.165) is 31.9 Å². The number of piperidine rings is 1. The van der Waals surface area contributed by atoms with Gasteiger partial charge in [0.25, 0.3) is 0 Å². The van der Waals surface area contributed by atoms with E-state index in [0.29, 0.717) is 11.9 Å². The molecule has 0 amide bonds. The molecule has 21 heavy (non-hydrogen) atoms. The van der Waals surface area contributed by atoms with Crippen LogP contribution in [0.3, 0.4) is 0 Å². The smallest absolute Gasteiger partial charge is 0.149 e. The zero-order chi connectivity index (χ0) is 14.5. The van der Waals surface area contributed by atoms with E-state index in [4.69, 9.17) is 5.73 Å². The Morgan fingerprint density at radius 2 is 2.00 bits per heavy atom. The van der Waals surface area contributed by atoms with E-state index in [1.807, 2.05) is 6.07 Å². The van der Waals surface area contributed by atoms with Gasteiger partial charge in [-0.1, -0.05) is 30.3 Å². The summed E-state index contributed by atoms with van der Waals surface area (Å²) in [5.74, 6) is 1.26. The monoisotopic (exact) mass is 283 g/mol. The number of benzene rings is 1. The maximum atomic E-state index is 5.56. The van der Waals surface area contributed by atoms with Crippen LogP contribution in [0.1, 0.15) is 18.4 Å². The number of hydrogen-bond donors (Lipinski definition) is 2. The fourth-order valence-corrected chi connectivity index (χ4v) is 2.79. The highest BCUT2D eigenvalue weighted by Crippen LogP contribution is 2.16. The Balaban J connectivity index is 1.57. The predicted molar refractivity (Wildman–Crippen MR) is 84.8 cm³/mol. The molecule has 110 valence electrons. The summed E-state index contributed by atoms with van der Waals surface area (Å²) in [6, 6.07) is 14.7. The minimum atomic E-state index is 0.417. The summed E-state index contributed by atoms with van der Waals surface area (Å²) in [5, 5.41) is 11.4. The maximum absolute atomic E-state index is 5.56. The molecular weight excluding hydrogens is 262 g/mol. The predicted octanol–water partition coefficient (Wildman–Crippen LogP) is 2.14. The third-order valence-electron chi connectivity index (χ3n) is 3.79. The van der Waals surface area contributed by atoms with E-state index < -0.39 is 0 Å².